The molecule has 0 atom stereocenters. The van der Waals surface area contributed by atoms with Gasteiger partial charge < -0.3 is 4.90 Å². The highest BCUT2D eigenvalue weighted by molar-refractivity contribution is 6.17. The molecule has 0 fully saturated rings. The zero-order valence-electron chi connectivity index (χ0n) is 6.93. The van der Waals surface area contributed by atoms with Crippen molar-refractivity contribution in [2.75, 3.05) is 19.5 Å². The van der Waals surface area contributed by atoms with Crippen molar-refractivity contribution in [1.29, 1.82) is 0 Å². The summed E-state index contributed by atoms with van der Waals surface area (Å²) in [5, 5.41) is 0. The summed E-state index contributed by atoms with van der Waals surface area (Å²) < 4.78 is 0. The van der Waals surface area contributed by atoms with Gasteiger partial charge in [-0.25, -0.2) is 0 Å². The number of halogens is 2. The monoisotopic (exact) mass is 185 g/mol. The van der Waals surface area contributed by atoms with Gasteiger partial charge in [0.2, 0.25) is 0 Å². The molecule has 3 heteroatoms. The molecular weight excluding hydrogens is 169 g/mol. The maximum atomic E-state index is 5.52. The molecule has 0 rings (SSSR count). The molecule has 1 nitrogen and oxygen atoms in total. The lowest BCUT2D eigenvalue weighted by atomic mass is 10.3. The molecule has 64 valence electrons. The maximum absolute atomic E-state index is 5.52. The van der Waals surface area contributed by atoms with Gasteiger partial charge in [-0.2, -0.15) is 0 Å². The molecule has 0 heterocycles. The van der Waals surface area contributed by atoms with E-state index in [4.69, 9.17) is 11.6 Å². The zero-order chi connectivity index (χ0) is 7.28. The predicted molar refractivity (Wildman–Crippen MR) is 50.4 cm³/mol. The third-order valence-electron chi connectivity index (χ3n) is 1.53. The van der Waals surface area contributed by atoms with Gasteiger partial charge in [0.25, 0.3) is 0 Å². The average Bonchev–Trinajstić information content (AvgIpc) is 1.82. The summed E-state index contributed by atoms with van der Waals surface area (Å²) in [6.45, 7) is 5.49. The number of rotatable bonds is 4. The van der Waals surface area contributed by atoms with Gasteiger partial charge in [0.15, 0.2) is 0 Å². The van der Waals surface area contributed by atoms with Crippen LogP contribution in [0.4, 0.5) is 0 Å². The van der Waals surface area contributed by atoms with Crippen molar-refractivity contribution in [3.8, 4) is 0 Å². The van der Waals surface area contributed by atoms with E-state index in [1.165, 1.54) is 0 Å². The van der Waals surface area contributed by atoms with Crippen molar-refractivity contribution in [1.82, 2.24) is 4.90 Å². The largest absolute Gasteiger partial charge is 0.304 e. The number of alkyl halides is 1. The second kappa shape index (κ2) is 7.64. The molecule has 0 amide bonds. The Hall–Kier alpha value is 0.540. The summed E-state index contributed by atoms with van der Waals surface area (Å²) in [7, 11) is 2.12. The zero-order valence-corrected chi connectivity index (χ0v) is 8.50. The number of hydrogen-bond acceptors (Lipinski definition) is 1. The first-order valence-electron chi connectivity index (χ1n) is 3.44. The summed E-state index contributed by atoms with van der Waals surface area (Å²) in [4.78, 5) is 2.29. The molecule has 0 aromatic rings. The molecular formula is C7H17Cl2N. The fourth-order valence-electron chi connectivity index (χ4n) is 0.567. The van der Waals surface area contributed by atoms with Crippen molar-refractivity contribution < 1.29 is 0 Å². The van der Waals surface area contributed by atoms with Gasteiger partial charge in [0.05, 0.1) is 0 Å². The van der Waals surface area contributed by atoms with Crippen LogP contribution < -0.4 is 0 Å². The van der Waals surface area contributed by atoms with Crippen LogP contribution in [0.15, 0.2) is 0 Å². The molecule has 0 N–H and O–H groups in total. The van der Waals surface area contributed by atoms with Crippen LogP contribution in [0.1, 0.15) is 20.3 Å². The molecule has 0 aliphatic heterocycles. The van der Waals surface area contributed by atoms with Crippen LogP contribution in [0.25, 0.3) is 0 Å². The van der Waals surface area contributed by atoms with Crippen LogP contribution in [0, 0.1) is 0 Å². The van der Waals surface area contributed by atoms with E-state index in [0.717, 1.165) is 18.8 Å². The van der Waals surface area contributed by atoms with E-state index in [2.05, 4.69) is 25.8 Å². The number of nitrogens with zero attached hydrogens (tertiary/aromatic N) is 1. The van der Waals surface area contributed by atoms with E-state index in [0.29, 0.717) is 6.04 Å². The Balaban J connectivity index is 0. The third kappa shape index (κ3) is 6.66. The molecule has 0 spiro atoms. The standard InChI is InChI=1S/C7H16ClN.ClH/c1-7(2)9(3)6-4-5-8;/h7H,4-6H2,1-3H3;1H. The van der Waals surface area contributed by atoms with Gasteiger partial charge in [-0.1, -0.05) is 0 Å². The minimum Gasteiger partial charge on any atom is -0.304 e. The van der Waals surface area contributed by atoms with Gasteiger partial charge in [0, 0.05) is 11.9 Å². The van der Waals surface area contributed by atoms with E-state index in [1.54, 1.807) is 0 Å². The van der Waals surface area contributed by atoms with Gasteiger partial charge in [-0.3, -0.25) is 0 Å². The van der Waals surface area contributed by atoms with Crippen LogP contribution >= 0.6 is 24.0 Å². The lowest BCUT2D eigenvalue weighted by Crippen LogP contribution is -2.27. The predicted octanol–water partition coefficient (Wildman–Crippen LogP) is 2.38. The van der Waals surface area contributed by atoms with Crippen LogP contribution in [0.2, 0.25) is 0 Å². The van der Waals surface area contributed by atoms with Crippen LogP contribution in [0.5, 0.6) is 0 Å². The first-order chi connectivity index (χ1) is 4.18. The highest BCUT2D eigenvalue weighted by Gasteiger charge is 1.99. The topological polar surface area (TPSA) is 3.24 Å². The fourth-order valence-corrected chi connectivity index (χ4v) is 0.687. The average molecular weight is 186 g/mol. The molecule has 0 aliphatic rings. The highest BCUT2D eigenvalue weighted by Crippen LogP contribution is 1.95. The quantitative estimate of drug-likeness (QED) is 0.609. The fraction of sp³-hybridized carbons (Fsp3) is 1.00. The summed E-state index contributed by atoms with van der Waals surface area (Å²) >= 11 is 5.52. The second-order valence-corrected chi connectivity index (χ2v) is 2.99. The molecule has 0 unspecified atom stereocenters. The van der Waals surface area contributed by atoms with Crippen molar-refractivity contribution in [3.05, 3.63) is 0 Å². The Morgan fingerprint density at radius 2 is 1.90 bits per heavy atom. The van der Waals surface area contributed by atoms with E-state index < -0.39 is 0 Å². The lowest BCUT2D eigenvalue weighted by molar-refractivity contribution is 0.275. The Morgan fingerprint density at radius 1 is 1.40 bits per heavy atom. The van der Waals surface area contributed by atoms with Gasteiger partial charge in [0.1, 0.15) is 0 Å². The van der Waals surface area contributed by atoms with Crippen LogP contribution in [-0.4, -0.2) is 30.4 Å². The van der Waals surface area contributed by atoms with Crippen molar-refractivity contribution in [3.63, 3.8) is 0 Å². The Kier molecular flexibility index (Phi) is 10.1. The Labute approximate surface area is 75.1 Å². The molecule has 0 saturated heterocycles. The first kappa shape index (κ1) is 13.2. The number of hydrogen-bond donors (Lipinski definition) is 0. The highest BCUT2D eigenvalue weighted by atomic mass is 35.5. The maximum Gasteiger partial charge on any atom is 0.0235 e. The molecule has 0 aromatic heterocycles. The minimum atomic E-state index is 0. The summed E-state index contributed by atoms with van der Waals surface area (Å²) in [5.41, 5.74) is 0. The van der Waals surface area contributed by atoms with Gasteiger partial charge >= 0.3 is 0 Å². The van der Waals surface area contributed by atoms with E-state index in [1.807, 2.05) is 0 Å². The van der Waals surface area contributed by atoms with Crippen molar-refractivity contribution in [2.45, 2.75) is 26.3 Å². The van der Waals surface area contributed by atoms with Crippen molar-refractivity contribution in [2.24, 2.45) is 0 Å². The normalized spacial score (nSPS) is 10.2. The molecule has 0 radical (unpaired) electrons. The summed E-state index contributed by atoms with van der Waals surface area (Å²) in [5.74, 6) is 0.775. The smallest absolute Gasteiger partial charge is 0.0235 e. The van der Waals surface area contributed by atoms with E-state index in [9.17, 15) is 0 Å². The Bertz CT molecular complexity index is 66.6. The second-order valence-electron chi connectivity index (χ2n) is 2.62. The summed E-state index contributed by atoms with van der Waals surface area (Å²) in [6.07, 6.45) is 1.09. The minimum absolute atomic E-state index is 0. The third-order valence-corrected chi connectivity index (χ3v) is 1.79. The van der Waals surface area contributed by atoms with Gasteiger partial charge in [-0.05, 0) is 33.9 Å². The van der Waals surface area contributed by atoms with E-state index >= 15 is 0 Å². The Morgan fingerprint density at radius 3 is 2.20 bits per heavy atom. The van der Waals surface area contributed by atoms with Crippen molar-refractivity contribution >= 4 is 24.0 Å². The molecule has 10 heavy (non-hydrogen) atoms. The van der Waals surface area contributed by atoms with Crippen LogP contribution in [0.3, 0.4) is 0 Å². The van der Waals surface area contributed by atoms with E-state index in [-0.39, 0.29) is 12.4 Å². The SMILES string of the molecule is CC(C)N(C)CCCCl.Cl. The molecule has 0 aromatic carbocycles. The summed E-state index contributed by atoms with van der Waals surface area (Å²) in [6, 6.07) is 0.646. The molecule has 0 bridgehead atoms. The molecule has 0 saturated carbocycles. The lowest BCUT2D eigenvalue weighted by Gasteiger charge is -2.19. The molecule has 0 aliphatic carbocycles. The first-order valence-corrected chi connectivity index (χ1v) is 3.98. The van der Waals surface area contributed by atoms with Crippen LogP contribution in [-0.2, 0) is 0 Å². The van der Waals surface area contributed by atoms with Gasteiger partial charge in [-0.15, -0.1) is 24.0 Å².